The number of piperazine rings is 1. The molecule has 1 fully saturated rings. The van der Waals surface area contributed by atoms with Gasteiger partial charge in [0.1, 0.15) is 0 Å². The first-order valence-corrected chi connectivity index (χ1v) is 8.28. The quantitative estimate of drug-likeness (QED) is 0.683. The molecule has 1 N–H and O–H groups in total. The topological polar surface area (TPSA) is 18.5 Å². The summed E-state index contributed by atoms with van der Waals surface area (Å²) in [6.45, 7) is 18.9. The van der Waals surface area contributed by atoms with Crippen molar-refractivity contribution in [2.24, 2.45) is 5.92 Å². The van der Waals surface area contributed by atoms with Crippen LogP contribution in [0, 0.1) is 5.92 Å². The summed E-state index contributed by atoms with van der Waals surface area (Å²) in [4.78, 5) is 5.32. The molecule has 0 aromatic heterocycles. The molecular weight excluding hydrogens is 234 g/mol. The molecule has 0 bridgehead atoms. The fraction of sp³-hybridized carbons (Fsp3) is 1.00. The lowest BCUT2D eigenvalue weighted by Gasteiger charge is -2.42. The highest BCUT2D eigenvalue weighted by Crippen LogP contribution is 2.15. The minimum atomic E-state index is 0.698. The van der Waals surface area contributed by atoms with E-state index >= 15 is 0 Å². The van der Waals surface area contributed by atoms with E-state index in [-0.39, 0.29) is 0 Å². The second kappa shape index (κ2) is 8.93. The molecule has 3 unspecified atom stereocenters. The Morgan fingerprint density at radius 2 is 1.53 bits per heavy atom. The summed E-state index contributed by atoms with van der Waals surface area (Å²) in [6, 6.07) is 1.45. The van der Waals surface area contributed by atoms with Gasteiger partial charge in [0.2, 0.25) is 0 Å². The van der Waals surface area contributed by atoms with Crippen LogP contribution in [0.25, 0.3) is 0 Å². The third-order valence-electron chi connectivity index (χ3n) is 4.86. The van der Waals surface area contributed by atoms with Crippen LogP contribution in [-0.4, -0.2) is 61.2 Å². The van der Waals surface area contributed by atoms with Crippen molar-refractivity contribution in [3.8, 4) is 0 Å². The number of hydrogen-bond donors (Lipinski definition) is 1. The lowest BCUT2D eigenvalue weighted by Crippen LogP contribution is -2.53. The Morgan fingerprint density at radius 3 is 2.05 bits per heavy atom. The van der Waals surface area contributed by atoms with Gasteiger partial charge in [-0.05, 0) is 45.7 Å². The van der Waals surface area contributed by atoms with Crippen molar-refractivity contribution in [2.75, 3.05) is 39.3 Å². The minimum Gasteiger partial charge on any atom is -0.316 e. The predicted molar refractivity (Wildman–Crippen MR) is 84.7 cm³/mol. The van der Waals surface area contributed by atoms with Crippen LogP contribution in [0.3, 0.4) is 0 Å². The molecule has 0 saturated carbocycles. The first-order chi connectivity index (χ1) is 9.10. The highest BCUT2D eigenvalue weighted by molar-refractivity contribution is 4.81. The zero-order valence-electron chi connectivity index (χ0n) is 13.8. The van der Waals surface area contributed by atoms with Gasteiger partial charge >= 0.3 is 0 Å². The fourth-order valence-electron chi connectivity index (χ4n) is 2.88. The van der Waals surface area contributed by atoms with E-state index in [1.807, 2.05) is 0 Å². The monoisotopic (exact) mass is 269 g/mol. The lowest BCUT2D eigenvalue weighted by atomic mass is 10.0. The third-order valence-corrected chi connectivity index (χ3v) is 4.86. The molecule has 1 aliphatic rings. The molecular formula is C16H35N3. The van der Waals surface area contributed by atoms with Crippen LogP contribution < -0.4 is 5.32 Å². The SMILES string of the molecule is CCCNCC(C)C(C)N1CCN(C(C)CC)CC1. The normalized spacial score (nSPS) is 23.2. The maximum Gasteiger partial charge on any atom is 0.0113 e. The van der Waals surface area contributed by atoms with Gasteiger partial charge < -0.3 is 5.32 Å². The second-order valence-corrected chi connectivity index (χ2v) is 6.25. The maximum absolute atomic E-state index is 3.55. The van der Waals surface area contributed by atoms with E-state index in [1.54, 1.807) is 0 Å². The first kappa shape index (κ1) is 16.9. The van der Waals surface area contributed by atoms with Crippen molar-refractivity contribution in [1.29, 1.82) is 0 Å². The zero-order valence-corrected chi connectivity index (χ0v) is 13.8. The largest absolute Gasteiger partial charge is 0.316 e. The Morgan fingerprint density at radius 1 is 0.947 bits per heavy atom. The highest BCUT2D eigenvalue weighted by atomic mass is 15.3. The molecule has 1 saturated heterocycles. The summed E-state index contributed by atoms with van der Waals surface area (Å²) in [5.41, 5.74) is 0. The smallest absolute Gasteiger partial charge is 0.0113 e. The van der Waals surface area contributed by atoms with E-state index in [0.717, 1.165) is 25.0 Å². The Kier molecular flexibility index (Phi) is 7.96. The van der Waals surface area contributed by atoms with Gasteiger partial charge in [-0.1, -0.05) is 20.8 Å². The number of hydrogen-bond acceptors (Lipinski definition) is 3. The van der Waals surface area contributed by atoms with Crippen LogP contribution in [-0.2, 0) is 0 Å². The van der Waals surface area contributed by atoms with E-state index in [0.29, 0.717) is 6.04 Å². The number of nitrogens with zero attached hydrogens (tertiary/aromatic N) is 2. The summed E-state index contributed by atoms with van der Waals surface area (Å²) in [7, 11) is 0. The summed E-state index contributed by atoms with van der Waals surface area (Å²) in [6.07, 6.45) is 2.50. The Balaban J connectivity index is 2.29. The van der Waals surface area contributed by atoms with Gasteiger partial charge in [0, 0.05) is 38.3 Å². The van der Waals surface area contributed by atoms with Gasteiger partial charge in [0.15, 0.2) is 0 Å². The van der Waals surface area contributed by atoms with E-state index < -0.39 is 0 Å². The van der Waals surface area contributed by atoms with E-state index in [4.69, 9.17) is 0 Å². The zero-order chi connectivity index (χ0) is 14.3. The van der Waals surface area contributed by atoms with E-state index in [2.05, 4.69) is 49.7 Å². The molecule has 0 aliphatic carbocycles. The molecule has 0 amide bonds. The van der Waals surface area contributed by atoms with Crippen molar-refractivity contribution in [3.63, 3.8) is 0 Å². The molecule has 1 rings (SSSR count). The molecule has 0 spiro atoms. The van der Waals surface area contributed by atoms with Crippen LogP contribution in [0.5, 0.6) is 0 Å². The van der Waals surface area contributed by atoms with Gasteiger partial charge in [-0.2, -0.15) is 0 Å². The Labute approximate surface area is 120 Å². The van der Waals surface area contributed by atoms with Crippen LogP contribution in [0.1, 0.15) is 47.5 Å². The number of nitrogens with one attached hydrogen (secondary N) is 1. The van der Waals surface area contributed by atoms with Crippen LogP contribution in [0.15, 0.2) is 0 Å². The summed E-state index contributed by atoms with van der Waals surface area (Å²) in [5, 5.41) is 3.55. The van der Waals surface area contributed by atoms with Crippen molar-refractivity contribution in [1.82, 2.24) is 15.1 Å². The highest BCUT2D eigenvalue weighted by Gasteiger charge is 2.25. The van der Waals surface area contributed by atoms with Gasteiger partial charge in [-0.3, -0.25) is 9.80 Å². The van der Waals surface area contributed by atoms with Crippen LogP contribution in [0.2, 0.25) is 0 Å². The van der Waals surface area contributed by atoms with Crippen molar-refractivity contribution >= 4 is 0 Å². The summed E-state index contributed by atoms with van der Waals surface area (Å²) < 4.78 is 0. The first-order valence-electron chi connectivity index (χ1n) is 8.28. The van der Waals surface area contributed by atoms with Crippen molar-refractivity contribution in [3.05, 3.63) is 0 Å². The molecule has 1 heterocycles. The molecule has 3 heteroatoms. The number of rotatable bonds is 8. The molecule has 0 aromatic rings. The summed E-state index contributed by atoms with van der Waals surface area (Å²) >= 11 is 0. The molecule has 3 nitrogen and oxygen atoms in total. The Hall–Kier alpha value is -0.120. The molecule has 0 radical (unpaired) electrons. The van der Waals surface area contributed by atoms with E-state index in [9.17, 15) is 0 Å². The standard InChI is InChI=1S/C16H35N3/c1-6-8-17-13-14(3)16(5)19-11-9-18(10-12-19)15(4)7-2/h14-17H,6-13H2,1-5H3. The Bertz CT molecular complexity index is 224. The van der Waals surface area contributed by atoms with Gasteiger partial charge in [-0.15, -0.1) is 0 Å². The van der Waals surface area contributed by atoms with Crippen LogP contribution >= 0.6 is 0 Å². The summed E-state index contributed by atoms with van der Waals surface area (Å²) in [5.74, 6) is 0.738. The predicted octanol–water partition coefficient (Wildman–Crippen LogP) is 2.43. The van der Waals surface area contributed by atoms with Crippen molar-refractivity contribution < 1.29 is 0 Å². The molecule has 114 valence electrons. The molecule has 0 aromatic carbocycles. The third kappa shape index (κ3) is 5.41. The fourth-order valence-corrected chi connectivity index (χ4v) is 2.88. The average molecular weight is 269 g/mol. The minimum absolute atomic E-state index is 0.698. The molecule has 19 heavy (non-hydrogen) atoms. The second-order valence-electron chi connectivity index (χ2n) is 6.25. The van der Waals surface area contributed by atoms with Gasteiger partial charge in [0.05, 0.1) is 0 Å². The maximum atomic E-state index is 3.55. The molecule has 3 atom stereocenters. The van der Waals surface area contributed by atoms with E-state index in [1.165, 1.54) is 39.0 Å². The van der Waals surface area contributed by atoms with Crippen LogP contribution in [0.4, 0.5) is 0 Å². The van der Waals surface area contributed by atoms with Gasteiger partial charge in [0.25, 0.3) is 0 Å². The molecule has 1 aliphatic heterocycles. The van der Waals surface area contributed by atoms with Crippen molar-refractivity contribution in [2.45, 2.75) is 59.5 Å². The lowest BCUT2D eigenvalue weighted by molar-refractivity contribution is 0.0607. The van der Waals surface area contributed by atoms with Gasteiger partial charge in [-0.25, -0.2) is 0 Å². The average Bonchev–Trinajstić information content (AvgIpc) is 2.46.